The molecule has 0 aliphatic heterocycles. The molecule has 3 heteroatoms. The molecule has 0 aliphatic rings. The average molecular weight is 151 g/mol. The zero-order valence-electron chi connectivity index (χ0n) is 3.98. The molecule has 0 aliphatic carbocycles. The van der Waals surface area contributed by atoms with Crippen molar-refractivity contribution in [3.63, 3.8) is 0 Å². The van der Waals surface area contributed by atoms with E-state index in [4.69, 9.17) is 1.43 Å². The minimum Gasteiger partial charge on any atom is -0.569 e. The van der Waals surface area contributed by atoms with E-state index in [1.54, 1.807) is 0 Å². The van der Waals surface area contributed by atoms with Gasteiger partial charge in [-0.05, 0) is 0 Å². The molecule has 0 spiro atoms. The van der Waals surface area contributed by atoms with Crippen molar-refractivity contribution in [2.75, 3.05) is 0 Å². The third kappa shape index (κ3) is 43.8. The van der Waals surface area contributed by atoms with Crippen molar-refractivity contribution in [2.24, 2.45) is 5.73 Å². The van der Waals surface area contributed by atoms with E-state index < -0.39 is 0 Å². The van der Waals surface area contributed by atoms with E-state index in [0.717, 1.165) is 0 Å². The number of hydrogen-bond acceptors (Lipinski definition) is 2. The first kappa shape index (κ1) is 9.39. The molecule has 2 nitrogen and oxygen atoms in total. The summed E-state index contributed by atoms with van der Waals surface area (Å²) in [6.07, 6.45) is 0. The summed E-state index contributed by atoms with van der Waals surface area (Å²) in [5.74, 6) is 0. The molecule has 0 amide bonds. The average Bonchev–Trinajstić information content (AvgIpc) is 1.46. The zero-order chi connectivity index (χ0) is 4.71. The van der Waals surface area contributed by atoms with Crippen LogP contribution < -0.4 is 5.73 Å². The molecule has 0 saturated carbocycles. The molecule has 0 unspecified atom stereocenters. The quantitative estimate of drug-likeness (QED) is 0.474. The molecule has 5 heavy (non-hydrogen) atoms. The Hall–Kier alpha value is 1.02. The molecule has 0 aromatic heterocycles. The van der Waals surface area contributed by atoms with Gasteiger partial charge in [0.1, 0.15) is 0 Å². The Morgan fingerprint density at radius 2 is 1.80 bits per heavy atom. The van der Waals surface area contributed by atoms with Crippen LogP contribution in [0.3, 0.4) is 0 Å². The van der Waals surface area contributed by atoms with Gasteiger partial charge in [0.2, 0.25) is 0 Å². The molecule has 0 aromatic rings. The fraction of sp³-hybridized carbons (Fsp3) is 0. The van der Waals surface area contributed by atoms with Crippen LogP contribution in [0.4, 0.5) is 0 Å². The topological polar surface area (TPSA) is 46.2 Å². The Balaban J connectivity index is -0.0000000275. The third-order valence-corrected chi connectivity index (χ3v) is 0. The third-order valence-electron chi connectivity index (χ3n) is 0. The summed E-state index contributed by atoms with van der Waals surface area (Å²) in [6, 6.07) is 0. The number of rotatable bonds is 0. The standard InChI is InChI=1S/CH4N.CH3O.Y/c2*1-2;/h1-2H2;2H,1H2;/q2*-1;/i;2D;. The predicted molar refractivity (Wildman–Crippen MR) is 16.8 cm³/mol. The second kappa shape index (κ2) is 77.6. The summed E-state index contributed by atoms with van der Waals surface area (Å²) in [5.41, 5.74) is 4.25. The minimum atomic E-state index is 0. The molecule has 0 saturated heterocycles. The summed E-state index contributed by atoms with van der Waals surface area (Å²) in [6.45, 7) is 0. The van der Waals surface area contributed by atoms with Crippen LogP contribution in [0.15, 0.2) is 0 Å². The Bertz CT molecular complexity index is 13.5. The second-order valence-corrected chi connectivity index (χ2v) is 0. The van der Waals surface area contributed by atoms with Crippen LogP contribution >= 0.6 is 0 Å². The van der Waals surface area contributed by atoms with E-state index in [-0.39, 0.29) is 32.7 Å². The molecule has 0 atom stereocenters. The second-order valence-electron chi connectivity index (χ2n) is 0. The van der Waals surface area contributed by atoms with Gasteiger partial charge in [-0.3, -0.25) is 7.05 Å². The van der Waals surface area contributed by atoms with E-state index in [1.165, 1.54) is 0 Å². The van der Waals surface area contributed by atoms with Gasteiger partial charge in [0.25, 0.3) is 0 Å². The van der Waals surface area contributed by atoms with Gasteiger partial charge < -0.3 is 10.8 Å². The number of aliphatic hydroxyl groups excluding tert-OH is 1. The van der Waals surface area contributed by atoms with Crippen LogP contribution in [0.5, 0.6) is 0 Å². The fourth-order valence-electron chi connectivity index (χ4n) is 0. The molecule has 0 fully saturated rings. The Morgan fingerprint density at radius 3 is 1.80 bits per heavy atom. The van der Waals surface area contributed by atoms with Gasteiger partial charge in [0.05, 0.1) is 0 Å². The normalized spacial score (nSPS) is 5.00. The first-order chi connectivity index (χ1) is 2.41. The van der Waals surface area contributed by atoms with Gasteiger partial charge in [-0.2, -0.15) is 0 Å². The summed E-state index contributed by atoms with van der Waals surface area (Å²) in [7, 11) is 5.40. The van der Waals surface area contributed by atoms with E-state index >= 15 is 0 Å². The van der Waals surface area contributed by atoms with Gasteiger partial charge in [-0.1, -0.05) is 0 Å². The van der Waals surface area contributed by atoms with Crippen LogP contribution in [-0.2, 0) is 32.7 Å². The van der Waals surface area contributed by atoms with Gasteiger partial charge in [0, 0.05) is 32.7 Å². The summed E-state index contributed by atoms with van der Waals surface area (Å²) >= 11 is 0. The van der Waals surface area contributed by atoms with E-state index in [1.807, 2.05) is 0 Å². The molecular weight excluding hydrogens is 143 g/mol. The van der Waals surface area contributed by atoms with Crippen LogP contribution in [0, 0.1) is 14.2 Å². The first-order valence-electron chi connectivity index (χ1n) is 1.11. The van der Waals surface area contributed by atoms with Crippen molar-refractivity contribution < 1.29 is 39.2 Å². The molecule has 0 rings (SSSR count). The van der Waals surface area contributed by atoms with E-state index in [2.05, 4.69) is 25.0 Å². The number of nitrogens with two attached hydrogens (primary N) is 1. The smallest absolute Gasteiger partial charge is 0.163 e. The first-order valence-corrected chi connectivity index (χ1v) is 0.697. The minimum absolute atomic E-state index is 0. The monoisotopic (exact) mass is 151 g/mol. The van der Waals surface area contributed by atoms with Crippen LogP contribution in [0.2, 0.25) is 0 Å². The SMILES string of the molecule is [2H]O[CH2-].[CH2-]N.[Y]. The number of aliphatic hydroxyl groups is 1. The maximum atomic E-state index is 5.60. The Kier molecular flexibility index (Phi) is 146. The summed E-state index contributed by atoms with van der Waals surface area (Å²) in [4.78, 5) is 0. The molecule has 1 radical (unpaired) electrons. The van der Waals surface area contributed by atoms with Crippen molar-refractivity contribution in [1.82, 2.24) is 0 Å². The van der Waals surface area contributed by atoms with E-state index in [0.29, 0.717) is 0 Å². The predicted octanol–water partition coefficient (Wildman–Crippen LogP) is -0.115. The van der Waals surface area contributed by atoms with Crippen molar-refractivity contribution in [2.45, 2.75) is 0 Å². The maximum absolute atomic E-state index is 5.60. The van der Waals surface area contributed by atoms with Crippen molar-refractivity contribution in [1.29, 1.82) is 0 Å². The Labute approximate surface area is 59.1 Å². The van der Waals surface area contributed by atoms with Gasteiger partial charge in [0.15, 0.2) is 1.43 Å². The van der Waals surface area contributed by atoms with Crippen LogP contribution in [-0.4, -0.2) is 5.11 Å². The van der Waals surface area contributed by atoms with Crippen LogP contribution in [0.25, 0.3) is 0 Å². The largest absolute Gasteiger partial charge is 0.569 e. The van der Waals surface area contributed by atoms with Crippen molar-refractivity contribution in [3.8, 4) is 0 Å². The number of hydrogen-bond donors (Lipinski definition) is 2. The van der Waals surface area contributed by atoms with Gasteiger partial charge in [-0.25, -0.2) is 7.11 Å². The molecule has 0 heterocycles. The molecule has 31 valence electrons. The van der Waals surface area contributed by atoms with Crippen molar-refractivity contribution >= 4 is 0 Å². The fourth-order valence-corrected chi connectivity index (χ4v) is 0. The van der Waals surface area contributed by atoms with Gasteiger partial charge in [-0.15, -0.1) is 0 Å². The van der Waals surface area contributed by atoms with Crippen molar-refractivity contribution in [3.05, 3.63) is 14.2 Å². The molecular formula is C2H7NOY-2. The molecule has 3 N–H and O–H groups in total. The maximum Gasteiger partial charge on any atom is 0.163 e. The Morgan fingerprint density at radius 1 is 1.80 bits per heavy atom. The zero-order valence-corrected chi connectivity index (χ0v) is 5.82. The van der Waals surface area contributed by atoms with Crippen LogP contribution in [0.1, 0.15) is 1.43 Å². The summed E-state index contributed by atoms with van der Waals surface area (Å²) in [5, 5.41) is 3.25. The van der Waals surface area contributed by atoms with E-state index in [9.17, 15) is 0 Å². The molecule has 0 bridgehead atoms. The molecule has 0 aromatic carbocycles. The summed E-state index contributed by atoms with van der Waals surface area (Å²) < 4.78 is 5.60. The van der Waals surface area contributed by atoms with Gasteiger partial charge >= 0.3 is 0 Å².